The first-order valence-corrected chi connectivity index (χ1v) is 5.73. The Morgan fingerprint density at radius 2 is 2.24 bits per heavy atom. The van der Waals surface area contributed by atoms with E-state index in [1.54, 1.807) is 0 Å². The Kier molecular flexibility index (Phi) is 5.14. The van der Waals surface area contributed by atoms with Crippen LogP contribution in [0.1, 0.15) is 16.7 Å². The fourth-order valence-electron chi connectivity index (χ4n) is 0.929. The van der Waals surface area contributed by atoms with Gasteiger partial charge in [0.25, 0.3) is 5.91 Å². The van der Waals surface area contributed by atoms with E-state index in [1.807, 2.05) is 6.92 Å². The summed E-state index contributed by atoms with van der Waals surface area (Å²) in [6, 6.07) is 0. The molecule has 1 rings (SSSR count). The van der Waals surface area contributed by atoms with E-state index in [9.17, 15) is 9.59 Å². The van der Waals surface area contributed by atoms with Gasteiger partial charge < -0.3 is 21.1 Å². The second-order valence-corrected chi connectivity index (χ2v) is 3.84. The molecule has 4 N–H and O–H groups in total. The largest absolute Gasteiger partial charge is 0.448 e. The van der Waals surface area contributed by atoms with E-state index >= 15 is 0 Å². The van der Waals surface area contributed by atoms with E-state index in [1.165, 1.54) is 0 Å². The molecule has 0 radical (unpaired) electrons. The molecule has 1 heterocycles. The van der Waals surface area contributed by atoms with Crippen molar-refractivity contribution in [2.45, 2.75) is 6.92 Å². The molecule has 0 aliphatic carbocycles. The van der Waals surface area contributed by atoms with Crippen LogP contribution < -0.4 is 16.4 Å². The molecule has 0 saturated heterocycles. The Balaban J connectivity index is 2.33. The lowest BCUT2D eigenvalue weighted by Gasteiger charge is -2.02. The van der Waals surface area contributed by atoms with Gasteiger partial charge >= 0.3 is 6.09 Å². The summed E-state index contributed by atoms with van der Waals surface area (Å²) in [5, 5.41) is 13.8. The summed E-state index contributed by atoms with van der Waals surface area (Å²) in [6.07, 6.45) is -0.871. The Morgan fingerprint density at radius 3 is 2.88 bits per heavy atom. The van der Waals surface area contributed by atoms with Crippen molar-refractivity contribution in [2.24, 2.45) is 5.73 Å². The zero-order valence-corrected chi connectivity index (χ0v) is 10.0. The maximum Gasteiger partial charge on any atom is 0.404 e. The number of anilines is 1. The van der Waals surface area contributed by atoms with Gasteiger partial charge in [-0.3, -0.25) is 4.79 Å². The van der Waals surface area contributed by atoms with Crippen LogP contribution in [0, 0.1) is 0 Å². The summed E-state index contributed by atoms with van der Waals surface area (Å²) in [5.74, 6) is -0.361. The van der Waals surface area contributed by atoms with E-state index in [-0.39, 0.29) is 24.1 Å². The van der Waals surface area contributed by atoms with Crippen LogP contribution in [0.15, 0.2) is 0 Å². The van der Waals surface area contributed by atoms with E-state index < -0.39 is 6.09 Å². The second-order valence-electron chi connectivity index (χ2n) is 2.87. The Morgan fingerprint density at radius 1 is 1.47 bits per heavy atom. The molecule has 0 aliphatic heterocycles. The predicted molar refractivity (Wildman–Crippen MR) is 61.9 cm³/mol. The van der Waals surface area contributed by atoms with Gasteiger partial charge in [0.2, 0.25) is 10.1 Å². The van der Waals surface area contributed by atoms with Crippen molar-refractivity contribution < 1.29 is 14.3 Å². The first-order chi connectivity index (χ1) is 8.13. The molecule has 9 heteroatoms. The average Bonchev–Trinajstić information content (AvgIpc) is 2.73. The molecule has 0 unspecified atom stereocenters. The van der Waals surface area contributed by atoms with Gasteiger partial charge in [0.05, 0.1) is 6.54 Å². The molecule has 17 heavy (non-hydrogen) atoms. The normalized spacial score (nSPS) is 9.71. The van der Waals surface area contributed by atoms with Gasteiger partial charge in [-0.05, 0) is 6.92 Å². The highest BCUT2D eigenvalue weighted by atomic mass is 32.1. The van der Waals surface area contributed by atoms with Crippen molar-refractivity contribution in [1.29, 1.82) is 0 Å². The van der Waals surface area contributed by atoms with E-state index in [0.717, 1.165) is 11.3 Å². The smallest absolute Gasteiger partial charge is 0.404 e. The van der Waals surface area contributed by atoms with Crippen LogP contribution in [0.2, 0.25) is 0 Å². The number of hydrogen-bond acceptors (Lipinski definition) is 7. The molecule has 0 atom stereocenters. The molecule has 94 valence electrons. The van der Waals surface area contributed by atoms with Gasteiger partial charge in [0, 0.05) is 6.54 Å². The Hall–Kier alpha value is -1.90. The molecule has 2 amide bonds. The lowest BCUT2D eigenvalue weighted by Crippen LogP contribution is -2.28. The van der Waals surface area contributed by atoms with Gasteiger partial charge in [0.1, 0.15) is 6.61 Å². The maximum absolute atomic E-state index is 11.5. The lowest BCUT2D eigenvalue weighted by molar-refractivity contribution is 0.0935. The number of rotatable bonds is 6. The summed E-state index contributed by atoms with van der Waals surface area (Å²) in [6.45, 7) is 2.84. The quantitative estimate of drug-likeness (QED) is 0.608. The number of carbonyl (C=O) groups is 2. The summed E-state index contributed by atoms with van der Waals surface area (Å²) in [4.78, 5) is 21.8. The Labute approximate surface area is 102 Å². The monoisotopic (exact) mass is 259 g/mol. The van der Waals surface area contributed by atoms with Gasteiger partial charge in [-0.15, -0.1) is 10.2 Å². The third kappa shape index (κ3) is 4.64. The highest BCUT2D eigenvalue weighted by Gasteiger charge is 2.11. The number of hydrogen-bond donors (Lipinski definition) is 3. The Bertz CT molecular complexity index is 394. The van der Waals surface area contributed by atoms with Gasteiger partial charge in [0.15, 0.2) is 0 Å². The van der Waals surface area contributed by atoms with Crippen LogP contribution in [-0.2, 0) is 4.74 Å². The van der Waals surface area contributed by atoms with Crippen LogP contribution in [0.25, 0.3) is 0 Å². The third-order valence-electron chi connectivity index (χ3n) is 1.58. The molecule has 0 spiro atoms. The molecule has 1 aromatic heterocycles. The number of amides is 2. The van der Waals surface area contributed by atoms with Gasteiger partial charge in [-0.2, -0.15) is 0 Å². The molecule has 0 saturated carbocycles. The number of nitrogens with one attached hydrogen (secondary N) is 2. The number of carbonyl (C=O) groups excluding carboxylic acids is 2. The standard InChI is InChI=1S/C8H13N5O3S/c1-2-10-8-13-12-6(17-8)5(14)11-3-4-16-7(9)15/h2-4H2,1H3,(H2,9,15)(H,10,13)(H,11,14). The van der Waals surface area contributed by atoms with Crippen LogP contribution >= 0.6 is 11.3 Å². The highest BCUT2D eigenvalue weighted by Crippen LogP contribution is 2.14. The zero-order valence-electron chi connectivity index (χ0n) is 9.23. The summed E-state index contributed by atoms with van der Waals surface area (Å²) >= 11 is 1.15. The second kappa shape index (κ2) is 6.63. The van der Waals surface area contributed by atoms with E-state index in [4.69, 9.17) is 5.73 Å². The van der Waals surface area contributed by atoms with Crippen LogP contribution in [0.4, 0.5) is 9.93 Å². The molecule has 1 aromatic rings. The minimum Gasteiger partial charge on any atom is -0.448 e. The molecule has 0 fully saturated rings. The number of primary amides is 1. The molecule has 0 aromatic carbocycles. The molecule has 8 nitrogen and oxygen atoms in total. The van der Waals surface area contributed by atoms with Crippen LogP contribution in [0.3, 0.4) is 0 Å². The molecular formula is C8H13N5O3S. The van der Waals surface area contributed by atoms with Crippen molar-refractivity contribution in [3.8, 4) is 0 Å². The highest BCUT2D eigenvalue weighted by molar-refractivity contribution is 7.17. The first kappa shape index (κ1) is 13.2. The van der Waals surface area contributed by atoms with E-state index in [0.29, 0.717) is 11.7 Å². The summed E-state index contributed by atoms with van der Waals surface area (Å²) in [5.41, 5.74) is 4.75. The molecule has 0 bridgehead atoms. The van der Waals surface area contributed by atoms with Crippen molar-refractivity contribution in [1.82, 2.24) is 15.5 Å². The minimum absolute atomic E-state index is 0.0277. The predicted octanol–water partition coefficient (Wildman–Crippen LogP) is -0.205. The molecule has 0 aliphatic rings. The fourth-order valence-corrected chi connectivity index (χ4v) is 1.66. The topological polar surface area (TPSA) is 119 Å². The third-order valence-corrected chi connectivity index (χ3v) is 2.46. The molecular weight excluding hydrogens is 246 g/mol. The van der Waals surface area contributed by atoms with Crippen molar-refractivity contribution in [2.75, 3.05) is 25.0 Å². The van der Waals surface area contributed by atoms with Crippen LogP contribution in [-0.4, -0.2) is 41.9 Å². The fraction of sp³-hybridized carbons (Fsp3) is 0.500. The van der Waals surface area contributed by atoms with Gasteiger partial charge in [-0.1, -0.05) is 11.3 Å². The zero-order chi connectivity index (χ0) is 12.7. The number of ether oxygens (including phenoxy) is 1. The lowest BCUT2D eigenvalue weighted by atomic mass is 10.6. The number of nitrogens with zero attached hydrogens (tertiary/aromatic N) is 2. The SMILES string of the molecule is CCNc1nnc(C(=O)NCCOC(N)=O)s1. The van der Waals surface area contributed by atoms with E-state index in [2.05, 4.69) is 25.6 Å². The number of nitrogens with two attached hydrogens (primary N) is 1. The summed E-state index contributed by atoms with van der Waals surface area (Å²) < 4.78 is 4.45. The van der Waals surface area contributed by atoms with Crippen molar-refractivity contribution in [3.05, 3.63) is 5.01 Å². The first-order valence-electron chi connectivity index (χ1n) is 4.91. The van der Waals surface area contributed by atoms with Gasteiger partial charge in [-0.25, -0.2) is 4.79 Å². The number of aromatic nitrogens is 2. The summed E-state index contributed by atoms with van der Waals surface area (Å²) in [7, 11) is 0. The maximum atomic E-state index is 11.5. The van der Waals surface area contributed by atoms with Crippen LogP contribution in [0.5, 0.6) is 0 Å². The van der Waals surface area contributed by atoms with Crippen molar-refractivity contribution in [3.63, 3.8) is 0 Å². The van der Waals surface area contributed by atoms with Crippen molar-refractivity contribution >= 4 is 28.5 Å². The average molecular weight is 259 g/mol. The minimum atomic E-state index is -0.871.